The third-order valence-corrected chi connectivity index (χ3v) is 4.36. The fraction of sp³-hybridized carbons (Fsp3) is 0.250. The van der Waals surface area contributed by atoms with E-state index in [4.69, 9.17) is 0 Å². The normalized spacial score (nSPS) is 12.4. The van der Waals surface area contributed by atoms with Crippen LogP contribution in [0.25, 0.3) is 11.4 Å². The van der Waals surface area contributed by atoms with Gasteiger partial charge in [-0.2, -0.15) is 0 Å². The maximum Gasteiger partial charge on any atom is 0.137 e. The maximum atomic E-state index is 11.0. The fourth-order valence-corrected chi connectivity index (χ4v) is 3.28. The molecule has 3 nitrogen and oxygen atoms in total. The lowest BCUT2D eigenvalue weighted by molar-refractivity contribution is 0.218. The Morgan fingerprint density at radius 1 is 0.957 bits per heavy atom. The van der Waals surface area contributed by atoms with Crippen LogP contribution in [0.2, 0.25) is 0 Å². The number of aromatic nitrogens is 2. The van der Waals surface area contributed by atoms with Crippen LogP contribution in [0.1, 0.15) is 39.5 Å². The van der Waals surface area contributed by atoms with Crippen molar-refractivity contribution in [1.29, 1.82) is 0 Å². The van der Waals surface area contributed by atoms with Gasteiger partial charge >= 0.3 is 0 Å². The minimum atomic E-state index is -0.634. The molecule has 1 unspecified atom stereocenters. The van der Waals surface area contributed by atoms with Crippen LogP contribution < -0.4 is 0 Å². The Hall–Kier alpha value is -2.39. The number of imidazole rings is 1. The molecule has 0 radical (unpaired) electrons. The standard InChI is InChI=1S/C20H22N2O/c1-12-9-14(3)18(15(4)10-12)19(23)17-11-16(6-5-13(17)2)20-21-7-8-22-20/h5-11,19,23H,1-4H3,(H,21,22). The van der Waals surface area contributed by atoms with Crippen molar-refractivity contribution in [3.05, 3.63) is 76.1 Å². The number of nitrogens with zero attached hydrogens (tertiary/aromatic N) is 1. The highest BCUT2D eigenvalue weighted by Gasteiger charge is 2.18. The average molecular weight is 306 g/mol. The van der Waals surface area contributed by atoms with E-state index in [1.165, 1.54) is 5.56 Å². The zero-order valence-electron chi connectivity index (χ0n) is 14.0. The first-order valence-corrected chi connectivity index (χ1v) is 7.83. The van der Waals surface area contributed by atoms with Crippen LogP contribution in [0.15, 0.2) is 42.7 Å². The van der Waals surface area contributed by atoms with Gasteiger partial charge in [0.1, 0.15) is 11.9 Å². The summed E-state index contributed by atoms with van der Waals surface area (Å²) in [5.41, 5.74) is 7.45. The Morgan fingerprint density at radius 2 is 1.65 bits per heavy atom. The molecule has 1 atom stereocenters. The van der Waals surface area contributed by atoms with E-state index >= 15 is 0 Å². The SMILES string of the molecule is Cc1cc(C)c(C(O)c2cc(-c3ncc[nH]3)ccc2C)c(C)c1. The van der Waals surface area contributed by atoms with Gasteiger partial charge in [0.15, 0.2) is 0 Å². The van der Waals surface area contributed by atoms with Gasteiger partial charge < -0.3 is 10.1 Å². The molecule has 0 saturated carbocycles. The zero-order valence-corrected chi connectivity index (χ0v) is 14.0. The van der Waals surface area contributed by atoms with Crippen molar-refractivity contribution in [1.82, 2.24) is 9.97 Å². The summed E-state index contributed by atoms with van der Waals surface area (Å²) in [5.74, 6) is 0.816. The maximum absolute atomic E-state index is 11.0. The highest BCUT2D eigenvalue weighted by atomic mass is 16.3. The van der Waals surface area contributed by atoms with Crippen LogP contribution >= 0.6 is 0 Å². The molecule has 23 heavy (non-hydrogen) atoms. The number of benzene rings is 2. The van der Waals surface area contributed by atoms with Gasteiger partial charge in [-0.3, -0.25) is 0 Å². The molecule has 0 aliphatic carbocycles. The topological polar surface area (TPSA) is 48.9 Å². The van der Waals surface area contributed by atoms with Crippen LogP contribution in [0.4, 0.5) is 0 Å². The number of hydrogen-bond donors (Lipinski definition) is 2. The van der Waals surface area contributed by atoms with Crippen LogP contribution in [-0.4, -0.2) is 15.1 Å². The molecule has 0 spiro atoms. The predicted molar refractivity (Wildman–Crippen MR) is 93.5 cm³/mol. The second-order valence-electron chi connectivity index (χ2n) is 6.22. The van der Waals surface area contributed by atoms with E-state index in [1.54, 1.807) is 12.4 Å². The van der Waals surface area contributed by atoms with E-state index < -0.39 is 6.10 Å². The lowest BCUT2D eigenvalue weighted by atomic mass is 9.89. The molecular weight excluding hydrogens is 284 g/mol. The van der Waals surface area contributed by atoms with Crippen molar-refractivity contribution in [2.75, 3.05) is 0 Å². The van der Waals surface area contributed by atoms with Crippen LogP contribution in [-0.2, 0) is 0 Å². The molecule has 118 valence electrons. The molecular formula is C20H22N2O. The molecule has 0 fully saturated rings. The molecule has 3 rings (SSSR count). The zero-order chi connectivity index (χ0) is 16.6. The second-order valence-corrected chi connectivity index (χ2v) is 6.22. The van der Waals surface area contributed by atoms with Crippen molar-refractivity contribution >= 4 is 0 Å². The van der Waals surface area contributed by atoms with Gasteiger partial charge in [0.05, 0.1) is 0 Å². The quantitative estimate of drug-likeness (QED) is 0.754. The number of rotatable bonds is 3. The van der Waals surface area contributed by atoms with Crippen molar-refractivity contribution in [2.45, 2.75) is 33.8 Å². The molecule has 0 saturated heterocycles. The van der Waals surface area contributed by atoms with Crippen molar-refractivity contribution in [3.8, 4) is 11.4 Å². The minimum absolute atomic E-state index is 0.634. The number of H-pyrrole nitrogens is 1. The van der Waals surface area contributed by atoms with Gasteiger partial charge in [0, 0.05) is 18.0 Å². The predicted octanol–water partition coefficient (Wildman–Crippen LogP) is 4.39. The minimum Gasteiger partial charge on any atom is -0.384 e. The molecule has 1 aromatic heterocycles. The van der Waals surface area contributed by atoms with Crippen LogP contribution in [0.3, 0.4) is 0 Å². The van der Waals surface area contributed by atoms with Gasteiger partial charge in [0.2, 0.25) is 0 Å². The summed E-state index contributed by atoms with van der Waals surface area (Å²) in [6.45, 7) is 8.23. The third kappa shape index (κ3) is 2.92. The Morgan fingerprint density at radius 3 is 2.26 bits per heavy atom. The monoisotopic (exact) mass is 306 g/mol. The summed E-state index contributed by atoms with van der Waals surface area (Å²) in [5, 5.41) is 11.0. The lowest BCUT2D eigenvalue weighted by Crippen LogP contribution is -2.07. The molecule has 0 aliphatic rings. The average Bonchev–Trinajstić information content (AvgIpc) is 3.00. The molecule has 3 heteroatoms. The fourth-order valence-electron chi connectivity index (χ4n) is 3.28. The van der Waals surface area contributed by atoms with Gasteiger partial charge in [-0.05, 0) is 61.6 Å². The Kier molecular flexibility index (Phi) is 4.05. The van der Waals surface area contributed by atoms with E-state index in [2.05, 4.69) is 42.9 Å². The first-order chi connectivity index (χ1) is 11.0. The number of hydrogen-bond acceptors (Lipinski definition) is 2. The highest BCUT2D eigenvalue weighted by Crippen LogP contribution is 2.32. The molecule has 1 heterocycles. The van der Waals surface area contributed by atoms with Gasteiger partial charge in [-0.15, -0.1) is 0 Å². The summed E-state index contributed by atoms with van der Waals surface area (Å²) in [6.07, 6.45) is 2.91. The highest BCUT2D eigenvalue weighted by molar-refractivity contribution is 5.59. The molecule has 0 aliphatic heterocycles. The number of aromatic amines is 1. The number of aliphatic hydroxyl groups excluding tert-OH is 1. The number of nitrogens with one attached hydrogen (secondary N) is 1. The molecule has 3 aromatic rings. The molecule has 2 aromatic carbocycles. The first kappa shape index (κ1) is 15.5. The van der Waals surface area contributed by atoms with E-state index in [0.29, 0.717) is 0 Å². The van der Waals surface area contributed by atoms with E-state index in [9.17, 15) is 5.11 Å². The van der Waals surface area contributed by atoms with Gasteiger partial charge in [-0.1, -0.05) is 29.8 Å². The summed E-state index contributed by atoms with van der Waals surface area (Å²) in [6, 6.07) is 10.3. The Bertz CT molecular complexity index is 812. The van der Waals surface area contributed by atoms with E-state index in [0.717, 1.165) is 39.2 Å². The van der Waals surface area contributed by atoms with E-state index in [-0.39, 0.29) is 0 Å². The second kappa shape index (κ2) is 6.01. The van der Waals surface area contributed by atoms with E-state index in [1.807, 2.05) is 25.1 Å². The summed E-state index contributed by atoms with van der Waals surface area (Å²) < 4.78 is 0. The van der Waals surface area contributed by atoms with Crippen LogP contribution in [0, 0.1) is 27.7 Å². The molecule has 0 amide bonds. The third-order valence-electron chi connectivity index (χ3n) is 4.36. The van der Waals surface area contributed by atoms with Crippen molar-refractivity contribution in [3.63, 3.8) is 0 Å². The molecule has 2 N–H and O–H groups in total. The Labute approximate surface area is 137 Å². The lowest BCUT2D eigenvalue weighted by Gasteiger charge is -2.20. The summed E-state index contributed by atoms with van der Waals surface area (Å²) in [4.78, 5) is 7.42. The largest absolute Gasteiger partial charge is 0.384 e. The van der Waals surface area contributed by atoms with Gasteiger partial charge in [0.25, 0.3) is 0 Å². The summed E-state index contributed by atoms with van der Waals surface area (Å²) in [7, 11) is 0. The van der Waals surface area contributed by atoms with Crippen LogP contribution in [0.5, 0.6) is 0 Å². The van der Waals surface area contributed by atoms with Crippen molar-refractivity contribution < 1.29 is 5.11 Å². The summed E-state index contributed by atoms with van der Waals surface area (Å²) >= 11 is 0. The van der Waals surface area contributed by atoms with Crippen molar-refractivity contribution in [2.24, 2.45) is 0 Å². The smallest absolute Gasteiger partial charge is 0.137 e. The number of aliphatic hydroxyl groups is 1. The number of aryl methyl sites for hydroxylation is 4. The first-order valence-electron chi connectivity index (χ1n) is 7.83. The molecule has 0 bridgehead atoms. The Balaban J connectivity index is 2.10. The van der Waals surface area contributed by atoms with Gasteiger partial charge in [-0.25, -0.2) is 4.98 Å².